The van der Waals surface area contributed by atoms with Crippen LogP contribution in [0.4, 0.5) is 0 Å². The minimum Gasteiger partial charge on any atom is -0.308 e. The van der Waals surface area contributed by atoms with Gasteiger partial charge in [0.1, 0.15) is 5.03 Å². The summed E-state index contributed by atoms with van der Waals surface area (Å²) in [7, 11) is 4.07. The lowest BCUT2D eigenvalue weighted by molar-refractivity contribution is 0.361. The van der Waals surface area contributed by atoms with Crippen LogP contribution in [0.15, 0.2) is 21.4 Å². The standard InChI is InChI=1S/C18H27N9S2.ClH/c1-13-11-15(29-18-21-23-24-26(18)10-9-25(2)3)27-16(19-13)20-17(22-27)28-12-14-7-5-4-6-8-14;/h11,14H,4-10,12H2,1-3H3;1H. The molecule has 0 aromatic carbocycles. The van der Waals surface area contributed by atoms with Crippen LogP contribution in [0.2, 0.25) is 0 Å². The Morgan fingerprint density at radius 1 is 1.17 bits per heavy atom. The summed E-state index contributed by atoms with van der Waals surface area (Å²) in [6.45, 7) is 3.58. The highest BCUT2D eigenvalue weighted by atomic mass is 35.5. The van der Waals surface area contributed by atoms with Crippen LogP contribution < -0.4 is 0 Å². The molecule has 3 heterocycles. The Morgan fingerprint density at radius 3 is 2.73 bits per heavy atom. The second-order valence-electron chi connectivity index (χ2n) is 7.75. The molecular weight excluding hydrogens is 442 g/mol. The molecule has 0 atom stereocenters. The van der Waals surface area contributed by atoms with Gasteiger partial charge in [0.05, 0.1) is 6.54 Å². The molecular formula is C18H28ClN9S2. The van der Waals surface area contributed by atoms with Crippen molar-refractivity contribution >= 4 is 41.7 Å². The van der Waals surface area contributed by atoms with Gasteiger partial charge in [0.15, 0.2) is 0 Å². The highest BCUT2D eigenvalue weighted by molar-refractivity contribution is 7.99. The number of tetrazole rings is 1. The highest BCUT2D eigenvalue weighted by Gasteiger charge is 2.18. The predicted octanol–water partition coefficient (Wildman–Crippen LogP) is 3.23. The molecule has 1 fully saturated rings. The Balaban J connectivity index is 0.00000256. The van der Waals surface area contributed by atoms with E-state index in [0.29, 0.717) is 5.78 Å². The van der Waals surface area contributed by atoms with Crippen LogP contribution in [0.3, 0.4) is 0 Å². The Morgan fingerprint density at radius 2 is 1.97 bits per heavy atom. The van der Waals surface area contributed by atoms with Crippen molar-refractivity contribution < 1.29 is 0 Å². The van der Waals surface area contributed by atoms with Crippen molar-refractivity contribution in [2.75, 3.05) is 26.4 Å². The average molecular weight is 470 g/mol. The van der Waals surface area contributed by atoms with E-state index < -0.39 is 0 Å². The summed E-state index contributed by atoms with van der Waals surface area (Å²) in [5, 5.41) is 19.3. The fraction of sp³-hybridized carbons (Fsp3) is 0.667. The number of hydrogen-bond acceptors (Lipinski definition) is 9. The molecule has 0 radical (unpaired) electrons. The number of rotatable bonds is 8. The van der Waals surface area contributed by atoms with Crippen LogP contribution in [-0.4, -0.2) is 71.1 Å². The van der Waals surface area contributed by atoms with Crippen LogP contribution in [0.1, 0.15) is 37.8 Å². The molecule has 164 valence electrons. The zero-order chi connectivity index (χ0) is 20.2. The first-order valence-corrected chi connectivity index (χ1v) is 11.8. The van der Waals surface area contributed by atoms with E-state index in [-0.39, 0.29) is 12.4 Å². The van der Waals surface area contributed by atoms with Gasteiger partial charge in [-0.25, -0.2) is 9.67 Å². The van der Waals surface area contributed by atoms with E-state index in [9.17, 15) is 0 Å². The largest absolute Gasteiger partial charge is 0.308 e. The minimum absolute atomic E-state index is 0. The Kier molecular flexibility index (Phi) is 8.32. The third-order valence-electron chi connectivity index (χ3n) is 5.01. The molecule has 0 bridgehead atoms. The van der Waals surface area contributed by atoms with Crippen LogP contribution in [0, 0.1) is 12.8 Å². The molecule has 4 rings (SSSR count). The van der Waals surface area contributed by atoms with Gasteiger partial charge in [-0.05, 0) is 68.0 Å². The van der Waals surface area contributed by atoms with Crippen LogP contribution in [-0.2, 0) is 6.54 Å². The van der Waals surface area contributed by atoms with E-state index in [0.717, 1.165) is 45.8 Å². The molecule has 0 amide bonds. The lowest BCUT2D eigenvalue weighted by atomic mass is 9.91. The first-order chi connectivity index (χ1) is 14.1. The fourth-order valence-electron chi connectivity index (χ4n) is 3.41. The number of thioether (sulfide) groups is 1. The van der Waals surface area contributed by atoms with Crippen molar-refractivity contribution in [3.05, 3.63) is 11.8 Å². The lowest BCUT2D eigenvalue weighted by Crippen LogP contribution is -2.19. The first-order valence-electron chi connectivity index (χ1n) is 10.0. The SMILES string of the molecule is Cc1cc(Sc2nnnn2CCN(C)C)n2nc(SCC3CCCCC3)nc2n1.Cl. The molecule has 0 N–H and O–H groups in total. The maximum atomic E-state index is 4.72. The second kappa shape index (κ2) is 10.7. The predicted molar refractivity (Wildman–Crippen MR) is 121 cm³/mol. The number of aryl methyl sites for hydroxylation is 1. The summed E-state index contributed by atoms with van der Waals surface area (Å²) in [6, 6.07) is 2.01. The van der Waals surface area contributed by atoms with Gasteiger partial charge in [-0.3, -0.25) is 0 Å². The number of fused-ring (bicyclic) bond motifs is 1. The summed E-state index contributed by atoms with van der Waals surface area (Å²) in [5.74, 6) is 2.50. The first kappa shape index (κ1) is 23.2. The molecule has 1 saturated carbocycles. The average Bonchev–Trinajstić information content (AvgIpc) is 3.32. The third-order valence-corrected chi connectivity index (χ3v) is 7.06. The highest BCUT2D eigenvalue weighted by Crippen LogP contribution is 2.30. The Labute approximate surface area is 191 Å². The van der Waals surface area contributed by atoms with Crippen LogP contribution >= 0.6 is 35.9 Å². The Bertz CT molecular complexity index is 952. The monoisotopic (exact) mass is 469 g/mol. The zero-order valence-electron chi connectivity index (χ0n) is 17.6. The fourth-order valence-corrected chi connectivity index (χ4v) is 5.35. The lowest BCUT2D eigenvalue weighted by Gasteiger charge is -2.20. The molecule has 12 heteroatoms. The number of aromatic nitrogens is 8. The van der Waals surface area contributed by atoms with Crippen LogP contribution in [0.25, 0.3) is 5.78 Å². The number of halogens is 1. The van der Waals surface area contributed by atoms with Gasteiger partial charge in [-0.2, -0.15) is 9.50 Å². The topological polar surface area (TPSA) is 89.9 Å². The smallest absolute Gasteiger partial charge is 0.254 e. The van der Waals surface area contributed by atoms with E-state index in [1.807, 2.05) is 36.3 Å². The molecule has 0 saturated heterocycles. The summed E-state index contributed by atoms with van der Waals surface area (Å²) in [5.41, 5.74) is 0.906. The van der Waals surface area contributed by atoms with Crippen molar-refractivity contribution in [2.45, 2.75) is 60.9 Å². The summed E-state index contributed by atoms with van der Waals surface area (Å²) in [6.07, 6.45) is 6.75. The molecule has 9 nitrogen and oxygen atoms in total. The number of hydrogen-bond donors (Lipinski definition) is 0. The van der Waals surface area contributed by atoms with Crippen molar-refractivity contribution in [3.63, 3.8) is 0 Å². The van der Waals surface area contributed by atoms with Crippen molar-refractivity contribution in [1.29, 1.82) is 0 Å². The van der Waals surface area contributed by atoms with Gasteiger partial charge in [0.2, 0.25) is 10.3 Å². The van der Waals surface area contributed by atoms with Crippen molar-refractivity contribution in [1.82, 2.24) is 44.7 Å². The number of likely N-dealkylation sites (N-methyl/N-ethyl adjacent to an activating group) is 1. The summed E-state index contributed by atoms with van der Waals surface area (Å²) in [4.78, 5) is 11.3. The van der Waals surface area contributed by atoms with E-state index in [4.69, 9.17) is 5.10 Å². The van der Waals surface area contributed by atoms with Gasteiger partial charge >= 0.3 is 0 Å². The second-order valence-corrected chi connectivity index (χ2v) is 9.72. The molecule has 0 aliphatic heterocycles. The van der Waals surface area contributed by atoms with E-state index >= 15 is 0 Å². The van der Waals surface area contributed by atoms with Gasteiger partial charge in [-0.15, -0.1) is 22.6 Å². The summed E-state index contributed by atoms with van der Waals surface area (Å²) >= 11 is 3.24. The van der Waals surface area contributed by atoms with Gasteiger partial charge in [-0.1, -0.05) is 31.0 Å². The van der Waals surface area contributed by atoms with Crippen molar-refractivity contribution in [3.8, 4) is 0 Å². The van der Waals surface area contributed by atoms with Crippen LogP contribution in [0.5, 0.6) is 0 Å². The molecule has 3 aromatic rings. The normalized spacial score (nSPS) is 15.1. The molecule has 1 aliphatic carbocycles. The molecule has 1 aliphatic rings. The molecule has 0 unspecified atom stereocenters. The zero-order valence-corrected chi connectivity index (χ0v) is 20.0. The molecule has 0 spiro atoms. The quantitative estimate of drug-likeness (QED) is 0.364. The maximum absolute atomic E-state index is 4.72. The van der Waals surface area contributed by atoms with Gasteiger partial charge < -0.3 is 4.90 Å². The molecule has 30 heavy (non-hydrogen) atoms. The molecule has 3 aromatic heterocycles. The van der Waals surface area contributed by atoms with Gasteiger partial charge in [0, 0.05) is 18.0 Å². The number of nitrogens with zero attached hydrogens (tertiary/aromatic N) is 9. The summed E-state index contributed by atoms with van der Waals surface area (Å²) < 4.78 is 3.63. The minimum atomic E-state index is 0. The third kappa shape index (κ3) is 5.83. The van der Waals surface area contributed by atoms with E-state index in [1.54, 1.807) is 11.8 Å². The maximum Gasteiger partial charge on any atom is 0.254 e. The van der Waals surface area contributed by atoms with Gasteiger partial charge in [0.25, 0.3) is 5.78 Å². The van der Waals surface area contributed by atoms with E-state index in [2.05, 4.69) is 30.4 Å². The Hall–Kier alpha value is -1.43. The van der Waals surface area contributed by atoms with E-state index in [1.165, 1.54) is 43.9 Å². The van der Waals surface area contributed by atoms with Crippen molar-refractivity contribution in [2.24, 2.45) is 5.92 Å².